The van der Waals surface area contributed by atoms with E-state index in [1.54, 1.807) is 0 Å². The molecule has 2 unspecified atom stereocenters. The average Bonchev–Trinajstić information content (AvgIpc) is 2.47. The van der Waals surface area contributed by atoms with Gasteiger partial charge in [0.2, 0.25) is 0 Å². The summed E-state index contributed by atoms with van der Waals surface area (Å²) in [5, 5.41) is 0.733. The molecule has 0 spiro atoms. The van der Waals surface area contributed by atoms with Crippen LogP contribution in [0.4, 0.5) is 0 Å². The van der Waals surface area contributed by atoms with Gasteiger partial charge in [-0.2, -0.15) is 0 Å². The fourth-order valence-electron chi connectivity index (χ4n) is 1.88. The Morgan fingerprint density at radius 1 is 1.56 bits per heavy atom. The third-order valence-electron chi connectivity index (χ3n) is 3.18. The van der Waals surface area contributed by atoms with Gasteiger partial charge in [0.15, 0.2) is 6.29 Å². The summed E-state index contributed by atoms with van der Waals surface area (Å²) in [6, 6.07) is 0. The van der Waals surface area contributed by atoms with Crippen LogP contribution in [0.25, 0.3) is 0 Å². The van der Waals surface area contributed by atoms with E-state index in [9.17, 15) is 0 Å². The molecule has 0 aromatic carbocycles. The lowest BCUT2D eigenvalue weighted by molar-refractivity contribution is -0.147. The van der Waals surface area contributed by atoms with E-state index < -0.39 is 0 Å². The molecule has 0 radical (unpaired) electrons. The van der Waals surface area contributed by atoms with Crippen LogP contribution < -0.4 is 0 Å². The number of hydrogen-bond acceptors (Lipinski definition) is 2. The Hall–Kier alpha value is 0.140. The van der Waals surface area contributed by atoms with Crippen molar-refractivity contribution >= 4 is 15.9 Å². The van der Waals surface area contributed by atoms with Crippen LogP contribution in [0.3, 0.4) is 0 Å². The SMILES string of the molecule is CCCOC(CBr)OC1C=C(C)C(C)(C)C1. The average molecular weight is 291 g/mol. The number of ether oxygens (including phenoxy) is 2. The zero-order valence-corrected chi connectivity index (χ0v) is 12.3. The molecular formula is C13H23BrO2. The summed E-state index contributed by atoms with van der Waals surface area (Å²) in [5.41, 5.74) is 1.69. The molecule has 0 saturated carbocycles. The highest BCUT2D eigenvalue weighted by Crippen LogP contribution is 2.39. The molecule has 0 fully saturated rings. The van der Waals surface area contributed by atoms with Gasteiger partial charge in [0.25, 0.3) is 0 Å². The van der Waals surface area contributed by atoms with Crippen LogP contribution in [-0.2, 0) is 9.47 Å². The number of allylic oxidation sites excluding steroid dienone is 1. The van der Waals surface area contributed by atoms with Gasteiger partial charge in [0, 0.05) is 6.61 Å². The number of halogens is 1. The summed E-state index contributed by atoms with van der Waals surface area (Å²) >= 11 is 3.43. The Bertz CT molecular complexity index is 248. The summed E-state index contributed by atoms with van der Waals surface area (Å²) in [6.07, 6.45) is 4.39. The normalized spacial score (nSPS) is 25.6. The van der Waals surface area contributed by atoms with E-state index >= 15 is 0 Å². The van der Waals surface area contributed by atoms with Gasteiger partial charge in [-0.3, -0.25) is 0 Å². The van der Waals surface area contributed by atoms with Crippen molar-refractivity contribution in [3.63, 3.8) is 0 Å². The molecule has 0 aliphatic heterocycles. The van der Waals surface area contributed by atoms with Gasteiger partial charge in [-0.25, -0.2) is 0 Å². The molecule has 0 heterocycles. The van der Waals surface area contributed by atoms with Gasteiger partial charge < -0.3 is 9.47 Å². The highest BCUT2D eigenvalue weighted by Gasteiger charge is 2.32. The Balaban J connectivity index is 2.43. The number of hydrogen-bond donors (Lipinski definition) is 0. The number of alkyl halides is 1. The first-order valence-electron chi connectivity index (χ1n) is 6.01. The summed E-state index contributed by atoms with van der Waals surface area (Å²) in [4.78, 5) is 0. The molecule has 2 atom stereocenters. The maximum Gasteiger partial charge on any atom is 0.167 e. The third-order valence-corrected chi connectivity index (χ3v) is 3.70. The zero-order chi connectivity index (χ0) is 12.2. The second-order valence-corrected chi connectivity index (χ2v) is 5.71. The maximum atomic E-state index is 5.92. The molecule has 1 aliphatic rings. The third kappa shape index (κ3) is 3.86. The second kappa shape index (κ2) is 6.18. The van der Waals surface area contributed by atoms with Crippen molar-refractivity contribution in [1.82, 2.24) is 0 Å². The minimum absolute atomic E-state index is 0.122. The minimum atomic E-state index is -0.122. The molecule has 0 amide bonds. The lowest BCUT2D eigenvalue weighted by Gasteiger charge is -2.23. The lowest BCUT2D eigenvalue weighted by atomic mass is 9.87. The molecule has 0 saturated heterocycles. The van der Waals surface area contributed by atoms with Crippen LogP contribution in [0, 0.1) is 5.41 Å². The quantitative estimate of drug-likeness (QED) is 0.420. The van der Waals surface area contributed by atoms with E-state index in [1.165, 1.54) is 5.57 Å². The molecular weight excluding hydrogens is 268 g/mol. The second-order valence-electron chi connectivity index (χ2n) is 5.07. The van der Waals surface area contributed by atoms with E-state index in [2.05, 4.69) is 49.7 Å². The van der Waals surface area contributed by atoms with E-state index in [4.69, 9.17) is 9.47 Å². The molecule has 16 heavy (non-hydrogen) atoms. The summed E-state index contributed by atoms with van der Waals surface area (Å²) in [6.45, 7) is 9.57. The summed E-state index contributed by atoms with van der Waals surface area (Å²) in [5.74, 6) is 0. The first-order chi connectivity index (χ1) is 7.49. The molecule has 94 valence electrons. The fourth-order valence-corrected chi connectivity index (χ4v) is 2.22. The van der Waals surface area contributed by atoms with Crippen LogP contribution >= 0.6 is 15.9 Å². The lowest BCUT2D eigenvalue weighted by Crippen LogP contribution is -2.25. The Labute approximate surface area is 108 Å². The molecule has 0 bridgehead atoms. The van der Waals surface area contributed by atoms with Crippen molar-refractivity contribution in [1.29, 1.82) is 0 Å². The zero-order valence-electron chi connectivity index (χ0n) is 10.8. The standard InChI is InChI=1S/C13H23BrO2/c1-5-6-15-12(9-14)16-11-7-10(2)13(3,4)8-11/h7,11-12H,5-6,8-9H2,1-4H3. The highest BCUT2D eigenvalue weighted by atomic mass is 79.9. The van der Waals surface area contributed by atoms with Crippen LogP contribution in [0.1, 0.15) is 40.5 Å². The van der Waals surface area contributed by atoms with Crippen molar-refractivity contribution in [3.8, 4) is 0 Å². The van der Waals surface area contributed by atoms with Crippen molar-refractivity contribution in [2.45, 2.75) is 52.9 Å². The predicted octanol–water partition coefficient (Wildman–Crippen LogP) is 3.90. The maximum absolute atomic E-state index is 5.92. The topological polar surface area (TPSA) is 18.5 Å². The van der Waals surface area contributed by atoms with E-state index in [0.717, 1.165) is 24.8 Å². The van der Waals surface area contributed by atoms with Gasteiger partial charge in [0.05, 0.1) is 11.4 Å². The Morgan fingerprint density at radius 2 is 2.25 bits per heavy atom. The molecule has 1 aliphatic carbocycles. The van der Waals surface area contributed by atoms with Gasteiger partial charge >= 0.3 is 0 Å². The summed E-state index contributed by atoms with van der Waals surface area (Å²) < 4.78 is 11.5. The van der Waals surface area contributed by atoms with Crippen LogP contribution in [0.2, 0.25) is 0 Å². The largest absolute Gasteiger partial charge is 0.352 e. The van der Waals surface area contributed by atoms with Crippen LogP contribution in [0.5, 0.6) is 0 Å². The van der Waals surface area contributed by atoms with Crippen LogP contribution in [-0.4, -0.2) is 24.3 Å². The smallest absolute Gasteiger partial charge is 0.167 e. The van der Waals surface area contributed by atoms with E-state index in [-0.39, 0.29) is 17.8 Å². The molecule has 2 nitrogen and oxygen atoms in total. The monoisotopic (exact) mass is 290 g/mol. The van der Waals surface area contributed by atoms with Gasteiger partial charge in [-0.15, -0.1) is 0 Å². The molecule has 3 heteroatoms. The van der Waals surface area contributed by atoms with Gasteiger partial charge in [-0.05, 0) is 25.2 Å². The number of rotatable bonds is 6. The van der Waals surface area contributed by atoms with Crippen LogP contribution in [0.15, 0.2) is 11.6 Å². The van der Waals surface area contributed by atoms with Gasteiger partial charge in [-0.1, -0.05) is 48.4 Å². The van der Waals surface area contributed by atoms with Crippen molar-refractivity contribution in [2.75, 3.05) is 11.9 Å². The predicted molar refractivity (Wildman–Crippen MR) is 70.9 cm³/mol. The van der Waals surface area contributed by atoms with Gasteiger partial charge in [0.1, 0.15) is 0 Å². The minimum Gasteiger partial charge on any atom is -0.352 e. The molecule has 0 N–H and O–H groups in total. The van der Waals surface area contributed by atoms with Crippen molar-refractivity contribution in [2.24, 2.45) is 5.41 Å². The molecule has 1 rings (SSSR count). The van der Waals surface area contributed by atoms with E-state index in [0.29, 0.717) is 0 Å². The first-order valence-corrected chi connectivity index (χ1v) is 7.13. The fraction of sp³-hybridized carbons (Fsp3) is 0.846. The molecule has 0 aromatic heterocycles. The van der Waals surface area contributed by atoms with Crippen molar-refractivity contribution in [3.05, 3.63) is 11.6 Å². The van der Waals surface area contributed by atoms with E-state index in [1.807, 2.05) is 0 Å². The summed E-state index contributed by atoms with van der Waals surface area (Å²) in [7, 11) is 0. The Morgan fingerprint density at radius 3 is 2.69 bits per heavy atom. The highest BCUT2D eigenvalue weighted by molar-refractivity contribution is 9.09. The van der Waals surface area contributed by atoms with Crippen molar-refractivity contribution < 1.29 is 9.47 Å². The first kappa shape index (κ1) is 14.2. The Kier molecular flexibility index (Phi) is 5.48. The molecule has 0 aromatic rings.